The second-order valence-electron chi connectivity index (χ2n) is 7.87. The summed E-state index contributed by atoms with van der Waals surface area (Å²) in [5, 5.41) is 0. The fraction of sp³-hybridized carbons (Fsp3) is 0.304. The Morgan fingerprint density at radius 3 is 2.41 bits per heavy atom. The molecule has 7 nitrogen and oxygen atoms in total. The Morgan fingerprint density at radius 2 is 1.74 bits per heavy atom. The van der Waals surface area contributed by atoms with Crippen LogP contribution in [0.25, 0.3) is 0 Å². The maximum Gasteiger partial charge on any atom is 0.417 e. The largest absolute Gasteiger partial charge is 0.455 e. The lowest BCUT2D eigenvalue weighted by molar-refractivity contribution is -0.137. The number of anilines is 1. The van der Waals surface area contributed by atoms with E-state index in [0.29, 0.717) is 38.4 Å². The third-order valence-electron chi connectivity index (χ3n) is 5.49. The van der Waals surface area contributed by atoms with Gasteiger partial charge in [0.1, 0.15) is 17.3 Å². The van der Waals surface area contributed by atoms with E-state index in [1.54, 1.807) is 23.1 Å². The molecule has 1 aromatic carbocycles. The maximum absolute atomic E-state index is 12.9. The van der Waals surface area contributed by atoms with Crippen LogP contribution in [-0.2, 0) is 21.8 Å². The van der Waals surface area contributed by atoms with E-state index in [1.165, 1.54) is 30.3 Å². The van der Waals surface area contributed by atoms with Gasteiger partial charge in [-0.3, -0.25) is 4.79 Å². The molecule has 0 spiro atoms. The quantitative estimate of drug-likeness (QED) is 0.534. The molecule has 2 aromatic heterocycles. The van der Waals surface area contributed by atoms with E-state index in [9.17, 15) is 26.4 Å². The summed E-state index contributed by atoms with van der Waals surface area (Å²) in [6, 6.07) is 13.2. The predicted molar refractivity (Wildman–Crippen MR) is 118 cm³/mol. The average molecular weight is 494 g/mol. The van der Waals surface area contributed by atoms with Gasteiger partial charge in [-0.15, -0.1) is 0 Å². The van der Waals surface area contributed by atoms with Crippen LogP contribution < -0.4 is 4.90 Å². The number of carbonyl (C=O) groups is 1. The van der Waals surface area contributed by atoms with Gasteiger partial charge in [0.2, 0.25) is 0 Å². The van der Waals surface area contributed by atoms with E-state index in [1.807, 2.05) is 4.90 Å². The third-order valence-corrected chi connectivity index (χ3v) is 7.14. The lowest BCUT2D eigenvalue weighted by Gasteiger charge is -2.22. The highest BCUT2D eigenvalue weighted by atomic mass is 32.2. The van der Waals surface area contributed by atoms with Crippen LogP contribution in [-0.4, -0.2) is 50.4 Å². The fourth-order valence-corrected chi connectivity index (χ4v) is 4.98. The molecular formula is C23H22F3N3O4S. The van der Waals surface area contributed by atoms with Gasteiger partial charge in [0.25, 0.3) is 5.91 Å². The molecule has 0 N–H and O–H groups in total. The minimum Gasteiger partial charge on any atom is -0.455 e. The Hall–Kier alpha value is -3.34. The molecular weight excluding hydrogens is 471 g/mol. The van der Waals surface area contributed by atoms with Crippen molar-refractivity contribution in [3.63, 3.8) is 0 Å². The molecule has 0 radical (unpaired) electrons. The van der Waals surface area contributed by atoms with Gasteiger partial charge < -0.3 is 14.2 Å². The van der Waals surface area contributed by atoms with E-state index in [2.05, 4.69) is 4.98 Å². The van der Waals surface area contributed by atoms with Crippen LogP contribution in [0.1, 0.15) is 28.3 Å². The lowest BCUT2D eigenvalue weighted by atomic mass is 10.2. The van der Waals surface area contributed by atoms with Crippen molar-refractivity contribution >= 4 is 21.6 Å². The van der Waals surface area contributed by atoms with Crippen molar-refractivity contribution in [3.8, 4) is 0 Å². The van der Waals surface area contributed by atoms with Crippen LogP contribution in [0.5, 0.6) is 0 Å². The van der Waals surface area contributed by atoms with Gasteiger partial charge >= 0.3 is 6.18 Å². The van der Waals surface area contributed by atoms with Crippen LogP contribution >= 0.6 is 0 Å². The molecule has 1 fully saturated rings. The van der Waals surface area contributed by atoms with Crippen LogP contribution in [0.2, 0.25) is 0 Å². The minimum absolute atomic E-state index is 0.0411. The molecule has 0 aliphatic carbocycles. The molecule has 1 amide bonds. The average Bonchev–Trinajstić information content (AvgIpc) is 3.12. The number of furan rings is 1. The van der Waals surface area contributed by atoms with E-state index in [-0.39, 0.29) is 28.1 Å². The number of hydrogen-bond acceptors (Lipinski definition) is 6. The van der Waals surface area contributed by atoms with Gasteiger partial charge in [0.05, 0.1) is 10.5 Å². The number of rotatable bonds is 5. The summed E-state index contributed by atoms with van der Waals surface area (Å²) < 4.78 is 68.9. The molecule has 0 bridgehead atoms. The zero-order valence-electron chi connectivity index (χ0n) is 18.0. The molecule has 1 aliphatic heterocycles. The Balaban J connectivity index is 1.39. The van der Waals surface area contributed by atoms with Gasteiger partial charge in [-0.25, -0.2) is 13.4 Å². The van der Waals surface area contributed by atoms with Crippen LogP contribution in [0.4, 0.5) is 19.0 Å². The monoisotopic (exact) mass is 493 g/mol. The molecule has 3 aromatic rings. The molecule has 11 heteroatoms. The second-order valence-corrected chi connectivity index (χ2v) is 9.86. The summed E-state index contributed by atoms with van der Waals surface area (Å²) in [6.07, 6.45) is -3.06. The van der Waals surface area contributed by atoms with Gasteiger partial charge in [0.15, 0.2) is 15.6 Å². The van der Waals surface area contributed by atoms with E-state index in [4.69, 9.17) is 4.42 Å². The fourth-order valence-electron chi connectivity index (χ4n) is 3.72. The number of alkyl halides is 3. The molecule has 0 unspecified atom stereocenters. The Bertz CT molecular complexity index is 1240. The highest BCUT2D eigenvalue weighted by molar-refractivity contribution is 7.90. The number of hydrogen-bond donors (Lipinski definition) is 0. The molecule has 3 heterocycles. The molecule has 1 saturated heterocycles. The maximum atomic E-state index is 12.9. The first-order chi connectivity index (χ1) is 16.1. The number of nitrogens with zero attached hydrogens (tertiary/aromatic N) is 3. The summed E-state index contributed by atoms with van der Waals surface area (Å²) in [6.45, 7) is 1.66. The number of sulfone groups is 1. The molecule has 34 heavy (non-hydrogen) atoms. The van der Waals surface area contributed by atoms with Crippen molar-refractivity contribution in [2.45, 2.75) is 23.2 Å². The highest BCUT2D eigenvalue weighted by Gasteiger charge is 2.31. The van der Waals surface area contributed by atoms with Gasteiger partial charge in [-0.05, 0) is 42.8 Å². The van der Waals surface area contributed by atoms with Crippen molar-refractivity contribution < 1.29 is 30.8 Å². The smallest absolute Gasteiger partial charge is 0.417 e. The van der Waals surface area contributed by atoms with Crippen molar-refractivity contribution in [1.82, 2.24) is 9.88 Å². The molecule has 0 saturated carbocycles. The number of carbonyl (C=O) groups excluding carboxylic acids is 1. The Kier molecular flexibility index (Phi) is 6.65. The summed E-state index contributed by atoms with van der Waals surface area (Å²) in [5.74, 6) is -0.117. The summed E-state index contributed by atoms with van der Waals surface area (Å²) in [7, 11) is -3.61. The number of aromatic nitrogens is 1. The van der Waals surface area contributed by atoms with E-state index >= 15 is 0 Å². The molecule has 180 valence electrons. The van der Waals surface area contributed by atoms with Gasteiger partial charge in [-0.1, -0.05) is 18.2 Å². The minimum atomic E-state index is -4.45. The van der Waals surface area contributed by atoms with Gasteiger partial charge in [-0.2, -0.15) is 13.2 Å². The molecule has 1 aliphatic rings. The topological polar surface area (TPSA) is 83.7 Å². The van der Waals surface area contributed by atoms with E-state index < -0.39 is 21.6 Å². The van der Waals surface area contributed by atoms with Crippen molar-refractivity contribution in [1.29, 1.82) is 0 Å². The molecule has 4 rings (SSSR count). The first-order valence-electron chi connectivity index (χ1n) is 10.6. The third kappa shape index (κ3) is 5.41. The lowest BCUT2D eigenvalue weighted by Crippen LogP contribution is -2.35. The Morgan fingerprint density at radius 1 is 0.971 bits per heavy atom. The van der Waals surface area contributed by atoms with E-state index in [0.717, 1.165) is 12.3 Å². The van der Waals surface area contributed by atoms with Gasteiger partial charge in [0, 0.05) is 32.4 Å². The number of halogens is 3. The standard InChI is InChI=1S/C23H22F3N3O4S/c24-23(25,26)17-7-10-21(27-15-17)28-11-4-12-29(14-13-28)22(30)20-9-8-18(33-20)16-34(31,32)19-5-2-1-3-6-19/h1-3,5-10,15H,4,11-14,16H2. The summed E-state index contributed by atoms with van der Waals surface area (Å²) in [4.78, 5) is 20.4. The summed E-state index contributed by atoms with van der Waals surface area (Å²) in [5.41, 5.74) is -0.814. The van der Waals surface area contributed by atoms with Crippen LogP contribution in [0, 0.1) is 0 Å². The van der Waals surface area contributed by atoms with Crippen LogP contribution in [0.3, 0.4) is 0 Å². The normalized spacial score (nSPS) is 15.3. The zero-order valence-corrected chi connectivity index (χ0v) is 18.8. The van der Waals surface area contributed by atoms with Crippen molar-refractivity contribution in [2.75, 3.05) is 31.1 Å². The SMILES string of the molecule is O=C(c1ccc(CS(=O)(=O)c2ccccc2)o1)N1CCCN(c2ccc(C(F)(F)F)cn2)CC1. The van der Waals surface area contributed by atoms with Crippen molar-refractivity contribution in [2.24, 2.45) is 0 Å². The first-order valence-corrected chi connectivity index (χ1v) is 12.2. The van der Waals surface area contributed by atoms with Crippen LogP contribution in [0.15, 0.2) is 70.1 Å². The predicted octanol–water partition coefficient (Wildman–Crippen LogP) is 4.02. The highest BCUT2D eigenvalue weighted by Crippen LogP contribution is 2.29. The first kappa shape index (κ1) is 23.8. The number of amides is 1. The second kappa shape index (κ2) is 9.49. The Labute approximate surface area is 194 Å². The zero-order chi connectivity index (χ0) is 24.3. The summed E-state index contributed by atoms with van der Waals surface area (Å²) >= 11 is 0. The molecule has 0 atom stereocenters. The number of benzene rings is 1. The van der Waals surface area contributed by atoms with Crippen molar-refractivity contribution in [3.05, 3.63) is 77.9 Å². The number of pyridine rings is 1.